The van der Waals surface area contributed by atoms with Crippen molar-refractivity contribution in [2.75, 3.05) is 11.1 Å². The Morgan fingerprint density at radius 2 is 1.55 bits per heavy atom. The van der Waals surface area contributed by atoms with Gasteiger partial charge in [0, 0.05) is 16.3 Å². The molecular weight excluding hydrogens is 392 g/mol. The first-order valence-corrected chi connectivity index (χ1v) is 9.79. The van der Waals surface area contributed by atoms with E-state index in [1.54, 1.807) is 24.3 Å². The number of carbonyl (C=O) groups excluding carboxylic acids is 1. The molecule has 0 saturated heterocycles. The van der Waals surface area contributed by atoms with Crippen molar-refractivity contribution in [2.45, 2.75) is 5.03 Å². The highest BCUT2D eigenvalue weighted by atomic mass is 32.2. The van der Waals surface area contributed by atoms with Gasteiger partial charge in [-0.25, -0.2) is 8.78 Å². The number of para-hydroxylation sites is 1. The maximum absolute atomic E-state index is 13.7. The quantitative estimate of drug-likeness (QED) is 0.456. The first-order valence-electron chi connectivity index (χ1n) is 8.80. The molecule has 1 N–H and O–H groups in total. The second-order valence-corrected chi connectivity index (χ2v) is 7.19. The monoisotopic (exact) mass is 407 g/mol. The Labute approximate surface area is 170 Å². The molecule has 4 aromatic rings. The van der Waals surface area contributed by atoms with Gasteiger partial charge in [0.2, 0.25) is 5.91 Å². The lowest BCUT2D eigenvalue weighted by atomic mass is 10.1. The van der Waals surface area contributed by atoms with Crippen LogP contribution in [0.5, 0.6) is 0 Å². The van der Waals surface area contributed by atoms with E-state index in [1.807, 2.05) is 24.3 Å². The van der Waals surface area contributed by atoms with Gasteiger partial charge < -0.3 is 5.32 Å². The Kier molecular flexibility index (Phi) is 5.48. The Balaban J connectivity index is 1.57. The molecule has 29 heavy (non-hydrogen) atoms. The Bertz CT molecular complexity index is 1180. The topological polar surface area (TPSA) is 54.9 Å². The average molecular weight is 407 g/mol. The van der Waals surface area contributed by atoms with Gasteiger partial charge in [-0.15, -0.1) is 10.2 Å². The Hall–Kier alpha value is -3.32. The smallest absolute Gasteiger partial charge is 0.234 e. The summed E-state index contributed by atoms with van der Waals surface area (Å²) >= 11 is 1.22. The highest BCUT2D eigenvalue weighted by molar-refractivity contribution is 8.00. The molecule has 0 aliphatic heterocycles. The molecule has 0 fully saturated rings. The van der Waals surface area contributed by atoms with Crippen LogP contribution in [0, 0.1) is 11.6 Å². The lowest BCUT2D eigenvalue weighted by Crippen LogP contribution is -2.15. The minimum atomic E-state index is -0.486. The predicted octanol–water partition coefficient (Wildman–Crippen LogP) is 5.31. The van der Waals surface area contributed by atoms with Gasteiger partial charge in [0.1, 0.15) is 22.4 Å². The number of nitrogens with one attached hydrogen (secondary N) is 1. The predicted molar refractivity (Wildman–Crippen MR) is 111 cm³/mol. The van der Waals surface area contributed by atoms with Crippen LogP contribution < -0.4 is 5.32 Å². The molecular formula is C22H15F2N3OS. The minimum absolute atomic E-state index is 0.0584. The minimum Gasteiger partial charge on any atom is -0.323 e. The Morgan fingerprint density at radius 1 is 0.862 bits per heavy atom. The second kappa shape index (κ2) is 8.36. The fraction of sp³-hybridized carbons (Fsp3) is 0.0455. The van der Waals surface area contributed by atoms with Crippen molar-refractivity contribution < 1.29 is 13.6 Å². The van der Waals surface area contributed by atoms with E-state index < -0.39 is 5.82 Å². The summed E-state index contributed by atoms with van der Waals surface area (Å²) in [5, 5.41) is 13.4. The van der Waals surface area contributed by atoms with Crippen molar-refractivity contribution in [3.63, 3.8) is 0 Å². The third-order valence-electron chi connectivity index (χ3n) is 4.26. The van der Waals surface area contributed by atoms with E-state index in [2.05, 4.69) is 15.5 Å². The number of thioether (sulfide) groups is 1. The fourth-order valence-corrected chi connectivity index (χ4v) is 3.66. The molecule has 0 aliphatic carbocycles. The number of hydrogen-bond acceptors (Lipinski definition) is 4. The number of anilines is 1. The number of nitrogens with zero attached hydrogens (tertiary/aromatic N) is 2. The van der Waals surface area contributed by atoms with Crippen LogP contribution in [0.25, 0.3) is 22.0 Å². The molecule has 4 nitrogen and oxygen atoms in total. The molecule has 0 bridgehead atoms. The summed E-state index contributed by atoms with van der Waals surface area (Å²) in [6.45, 7) is 0. The lowest BCUT2D eigenvalue weighted by molar-refractivity contribution is -0.113. The zero-order valence-electron chi connectivity index (χ0n) is 15.1. The van der Waals surface area contributed by atoms with E-state index in [0.29, 0.717) is 10.7 Å². The van der Waals surface area contributed by atoms with Crippen LogP contribution in [0.4, 0.5) is 14.5 Å². The summed E-state index contributed by atoms with van der Waals surface area (Å²) < 4.78 is 26.9. The van der Waals surface area contributed by atoms with E-state index in [4.69, 9.17) is 0 Å². The highest BCUT2D eigenvalue weighted by Gasteiger charge is 2.13. The van der Waals surface area contributed by atoms with Crippen molar-refractivity contribution >= 4 is 34.1 Å². The second-order valence-electron chi connectivity index (χ2n) is 6.22. The molecule has 0 aliphatic rings. The van der Waals surface area contributed by atoms with Crippen molar-refractivity contribution in [1.82, 2.24) is 10.2 Å². The summed E-state index contributed by atoms with van der Waals surface area (Å²) in [6.07, 6.45) is 0. The molecule has 3 aromatic carbocycles. The summed E-state index contributed by atoms with van der Waals surface area (Å²) in [5.74, 6) is -1.09. The van der Waals surface area contributed by atoms with Crippen molar-refractivity contribution in [3.05, 3.63) is 84.4 Å². The van der Waals surface area contributed by atoms with Crippen LogP contribution in [-0.4, -0.2) is 21.9 Å². The van der Waals surface area contributed by atoms with Gasteiger partial charge in [-0.3, -0.25) is 4.79 Å². The molecule has 7 heteroatoms. The molecule has 0 saturated carbocycles. The molecule has 0 spiro atoms. The zero-order valence-corrected chi connectivity index (χ0v) is 15.9. The van der Waals surface area contributed by atoms with Crippen LogP contribution in [0.1, 0.15) is 0 Å². The number of rotatable bonds is 5. The van der Waals surface area contributed by atoms with Gasteiger partial charge in [0.15, 0.2) is 0 Å². The molecule has 1 aromatic heterocycles. The van der Waals surface area contributed by atoms with Crippen LogP contribution in [0.2, 0.25) is 0 Å². The maximum Gasteiger partial charge on any atom is 0.234 e. The molecule has 144 valence electrons. The standard InChI is InChI=1S/C22H15F2N3OS/c23-15-11-9-14(10-12-15)21-16-5-1-2-6-17(16)22(27-26-21)29-13-20(28)25-19-8-4-3-7-18(19)24/h1-12H,13H2,(H,25,28). The van der Waals surface area contributed by atoms with Crippen LogP contribution in [0.15, 0.2) is 77.8 Å². The number of aromatic nitrogens is 2. The third kappa shape index (κ3) is 4.25. The maximum atomic E-state index is 13.7. The summed E-state index contributed by atoms with van der Waals surface area (Å²) in [6, 6.07) is 19.6. The summed E-state index contributed by atoms with van der Waals surface area (Å²) in [4.78, 5) is 12.2. The highest BCUT2D eigenvalue weighted by Crippen LogP contribution is 2.31. The summed E-state index contributed by atoms with van der Waals surface area (Å²) in [5.41, 5.74) is 1.53. The number of carbonyl (C=O) groups is 1. The molecule has 0 radical (unpaired) electrons. The van der Waals surface area contributed by atoms with E-state index in [1.165, 1.54) is 36.0 Å². The largest absolute Gasteiger partial charge is 0.323 e. The van der Waals surface area contributed by atoms with Crippen LogP contribution in [-0.2, 0) is 4.79 Å². The first-order chi connectivity index (χ1) is 14.1. The van der Waals surface area contributed by atoms with Gasteiger partial charge >= 0.3 is 0 Å². The SMILES string of the molecule is O=C(CSc1nnc(-c2ccc(F)cc2)c2ccccc12)Nc1ccccc1F. The van der Waals surface area contributed by atoms with Crippen molar-refractivity contribution in [2.24, 2.45) is 0 Å². The van der Waals surface area contributed by atoms with Crippen LogP contribution >= 0.6 is 11.8 Å². The van der Waals surface area contributed by atoms with Gasteiger partial charge in [-0.05, 0) is 36.4 Å². The van der Waals surface area contributed by atoms with Crippen molar-refractivity contribution in [1.29, 1.82) is 0 Å². The molecule has 0 unspecified atom stereocenters. The van der Waals surface area contributed by atoms with Gasteiger partial charge in [-0.1, -0.05) is 48.2 Å². The van der Waals surface area contributed by atoms with Crippen LogP contribution in [0.3, 0.4) is 0 Å². The number of fused-ring (bicyclic) bond motifs is 1. The first kappa shape index (κ1) is 19.0. The average Bonchev–Trinajstić information content (AvgIpc) is 2.74. The Morgan fingerprint density at radius 3 is 2.31 bits per heavy atom. The lowest BCUT2D eigenvalue weighted by Gasteiger charge is -2.10. The number of hydrogen-bond donors (Lipinski definition) is 1. The zero-order chi connectivity index (χ0) is 20.2. The molecule has 1 heterocycles. The normalized spacial score (nSPS) is 10.8. The number of amides is 1. The third-order valence-corrected chi connectivity index (χ3v) is 5.24. The van der Waals surface area contributed by atoms with Crippen molar-refractivity contribution in [3.8, 4) is 11.3 Å². The van der Waals surface area contributed by atoms with Gasteiger partial charge in [-0.2, -0.15) is 0 Å². The molecule has 0 atom stereocenters. The van der Waals surface area contributed by atoms with Gasteiger partial charge in [0.05, 0.1) is 11.4 Å². The van der Waals surface area contributed by atoms with Gasteiger partial charge in [0.25, 0.3) is 0 Å². The number of benzene rings is 3. The van der Waals surface area contributed by atoms with E-state index >= 15 is 0 Å². The summed E-state index contributed by atoms with van der Waals surface area (Å²) in [7, 11) is 0. The van der Waals surface area contributed by atoms with E-state index in [-0.39, 0.29) is 23.2 Å². The molecule has 1 amide bonds. The van der Waals surface area contributed by atoms with E-state index in [9.17, 15) is 13.6 Å². The fourth-order valence-electron chi connectivity index (χ4n) is 2.89. The van der Waals surface area contributed by atoms with E-state index in [0.717, 1.165) is 16.3 Å². The molecule has 4 rings (SSSR count). The number of halogens is 2.